The zero-order valence-electron chi connectivity index (χ0n) is 9.77. The number of aryl methyl sites for hydroxylation is 2. The molecule has 0 N–H and O–H groups in total. The Hall–Kier alpha value is -1.42. The predicted molar refractivity (Wildman–Crippen MR) is 70.2 cm³/mol. The van der Waals surface area contributed by atoms with Gasteiger partial charge in [-0.25, -0.2) is 0 Å². The van der Waals surface area contributed by atoms with Gasteiger partial charge >= 0.3 is 0 Å². The lowest BCUT2D eigenvalue weighted by molar-refractivity contribution is 0.102. The van der Waals surface area contributed by atoms with Crippen LogP contribution < -0.4 is 0 Å². The van der Waals surface area contributed by atoms with Gasteiger partial charge in [0.2, 0.25) is 5.78 Å². The number of benzene rings is 1. The second-order valence-corrected chi connectivity index (χ2v) is 4.66. The lowest BCUT2D eigenvalue weighted by atomic mass is 10.0. The third-order valence-corrected chi connectivity index (χ3v) is 3.28. The molecule has 2 rings (SSSR count). The van der Waals surface area contributed by atoms with Gasteiger partial charge in [0.05, 0.1) is 10.7 Å². The molecule has 0 bridgehead atoms. The fourth-order valence-electron chi connectivity index (χ4n) is 1.78. The van der Waals surface area contributed by atoms with Crippen LogP contribution >= 0.6 is 15.9 Å². The molecule has 1 heterocycles. The van der Waals surface area contributed by atoms with Gasteiger partial charge in [-0.05, 0) is 35.3 Å². The number of rotatable bonds is 3. The van der Waals surface area contributed by atoms with Gasteiger partial charge in [0.25, 0.3) is 0 Å². The van der Waals surface area contributed by atoms with Gasteiger partial charge in [0.15, 0.2) is 0 Å². The van der Waals surface area contributed by atoms with Crippen LogP contribution in [-0.2, 0) is 6.54 Å². The van der Waals surface area contributed by atoms with Gasteiger partial charge < -0.3 is 0 Å². The van der Waals surface area contributed by atoms with Gasteiger partial charge in [-0.1, -0.05) is 24.3 Å². The Morgan fingerprint density at radius 2 is 2.12 bits per heavy atom. The number of halogens is 1. The van der Waals surface area contributed by atoms with Crippen LogP contribution in [0.2, 0.25) is 0 Å². The number of ketones is 1. The molecule has 0 spiro atoms. The van der Waals surface area contributed by atoms with E-state index in [0.717, 1.165) is 15.6 Å². The highest BCUT2D eigenvalue weighted by molar-refractivity contribution is 9.10. The largest absolute Gasteiger partial charge is 0.287 e. The van der Waals surface area contributed by atoms with E-state index >= 15 is 0 Å². The van der Waals surface area contributed by atoms with Crippen LogP contribution in [0.1, 0.15) is 28.5 Å². The summed E-state index contributed by atoms with van der Waals surface area (Å²) in [6.07, 6.45) is 1.66. The Labute approximate surface area is 109 Å². The fraction of sp³-hybridized carbons (Fsp3) is 0.231. The van der Waals surface area contributed by atoms with Crippen molar-refractivity contribution in [2.24, 2.45) is 0 Å². The molecular formula is C13H13BrN2O. The summed E-state index contributed by atoms with van der Waals surface area (Å²) in [4.78, 5) is 12.4. The van der Waals surface area contributed by atoms with Crippen LogP contribution in [-0.4, -0.2) is 15.6 Å². The number of carbonyl (C=O) groups is 1. The minimum absolute atomic E-state index is 0.00863. The molecule has 0 aliphatic heterocycles. The van der Waals surface area contributed by atoms with Gasteiger partial charge in [0.1, 0.15) is 5.69 Å². The summed E-state index contributed by atoms with van der Waals surface area (Å²) in [5.41, 5.74) is 2.32. The highest BCUT2D eigenvalue weighted by atomic mass is 79.9. The number of carbonyl (C=O) groups excluding carboxylic acids is 1. The van der Waals surface area contributed by atoms with Crippen molar-refractivity contribution in [3.05, 3.63) is 51.8 Å². The Kier molecular flexibility index (Phi) is 3.43. The number of hydrogen-bond acceptors (Lipinski definition) is 2. The minimum Gasteiger partial charge on any atom is -0.287 e. The molecule has 2 aromatic rings. The maximum atomic E-state index is 12.4. The van der Waals surface area contributed by atoms with Gasteiger partial charge in [-0.3, -0.25) is 9.48 Å². The molecule has 4 heteroatoms. The smallest absolute Gasteiger partial charge is 0.212 e. The van der Waals surface area contributed by atoms with Crippen molar-refractivity contribution in [1.29, 1.82) is 0 Å². The molecule has 88 valence electrons. The first-order valence-electron chi connectivity index (χ1n) is 5.46. The normalized spacial score (nSPS) is 10.5. The van der Waals surface area contributed by atoms with Crippen molar-refractivity contribution in [1.82, 2.24) is 9.78 Å². The van der Waals surface area contributed by atoms with Gasteiger partial charge in [-0.15, -0.1) is 0 Å². The molecule has 0 fully saturated rings. The minimum atomic E-state index is 0.00863. The monoisotopic (exact) mass is 292 g/mol. The summed E-state index contributed by atoms with van der Waals surface area (Å²) in [6, 6.07) is 7.59. The van der Waals surface area contributed by atoms with Crippen molar-refractivity contribution in [2.75, 3.05) is 0 Å². The SMILES string of the molecule is CCn1ncc(Br)c1C(=O)c1ccccc1C. The Bertz CT molecular complexity index is 560. The Balaban J connectivity index is 2.51. The van der Waals surface area contributed by atoms with Crippen LogP contribution in [0.3, 0.4) is 0 Å². The standard InChI is InChI=1S/C13H13BrN2O/c1-3-16-12(11(14)8-15-16)13(17)10-7-5-4-6-9(10)2/h4-8H,3H2,1-2H3. The molecule has 0 aliphatic carbocycles. The Morgan fingerprint density at radius 1 is 1.41 bits per heavy atom. The van der Waals surface area contributed by atoms with E-state index in [1.54, 1.807) is 10.9 Å². The van der Waals surface area contributed by atoms with Crippen LogP contribution in [0.15, 0.2) is 34.9 Å². The topological polar surface area (TPSA) is 34.9 Å². The van der Waals surface area contributed by atoms with E-state index in [1.807, 2.05) is 38.1 Å². The summed E-state index contributed by atoms with van der Waals surface area (Å²) in [6.45, 7) is 4.58. The average Bonchev–Trinajstić information content (AvgIpc) is 2.70. The van der Waals surface area contributed by atoms with E-state index in [4.69, 9.17) is 0 Å². The van der Waals surface area contributed by atoms with Crippen LogP contribution in [0, 0.1) is 6.92 Å². The average molecular weight is 293 g/mol. The van der Waals surface area contributed by atoms with E-state index in [9.17, 15) is 4.79 Å². The molecule has 0 unspecified atom stereocenters. The lowest BCUT2D eigenvalue weighted by Crippen LogP contribution is -2.12. The van der Waals surface area contributed by atoms with Gasteiger partial charge in [0, 0.05) is 12.1 Å². The van der Waals surface area contributed by atoms with Crippen molar-refractivity contribution in [2.45, 2.75) is 20.4 Å². The van der Waals surface area contributed by atoms with E-state index in [-0.39, 0.29) is 5.78 Å². The molecule has 0 amide bonds. The molecule has 17 heavy (non-hydrogen) atoms. The predicted octanol–water partition coefficient (Wildman–Crippen LogP) is 3.20. The molecule has 1 aromatic heterocycles. The molecule has 3 nitrogen and oxygen atoms in total. The number of hydrogen-bond donors (Lipinski definition) is 0. The maximum absolute atomic E-state index is 12.4. The van der Waals surface area contributed by atoms with Crippen molar-refractivity contribution < 1.29 is 4.79 Å². The molecule has 0 aliphatic rings. The quantitative estimate of drug-likeness (QED) is 0.814. The first-order valence-corrected chi connectivity index (χ1v) is 6.26. The van der Waals surface area contributed by atoms with Gasteiger partial charge in [-0.2, -0.15) is 5.10 Å². The van der Waals surface area contributed by atoms with E-state index in [0.29, 0.717) is 12.2 Å². The molecule has 0 atom stereocenters. The highest BCUT2D eigenvalue weighted by Gasteiger charge is 2.19. The molecule has 0 radical (unpaired) electrons. The summed E-state index contributed by atoms with van der Waals surface area (Å²) in [5, 5.41) is 4.16. The van der Waals surface area contributed by atoms with Crippen molar-refractivity contribution in [3.63, 3.8) is 0 Å². The molecular weight excluding hydrogens is 280 g/mol. The zero-order valence-corrected chi connectivity index (χ0v) is 11.4. The van der Waals surface area contributed by atoms with Crippen LogP contribution in [0.25, 0.3) is 0 Å². The van der Waals surface area contributed by atoms with Crippen LogP contribution in [0.5, 0.6) is 0 Å². The Morgan fingerprint density at radius 3 is 2.76 bits per heavy atom. The number of nitrogens with zero attached hydrogens (tertiary/aromatic N) is 2. The summed E-state index contributed by atoms with van der Waals surface area (Å²) in [5.74, 6) is 0.00863. The summed E-state index contributed by atoms with van der Waals surface area (Å²) in [7, 11) is 0. The maximum Gasteiger partial charge on any atom is 0.212 e. The first-order chi connectivity index (χ1) is 8.15. The van der Waals surface area contributed by atoms with E-state index < -0.39 is 0 Å². The summed E-state index contributed by atoms with van der Waals surface area (Å²) < 4.78 is 2.45. The van der Waals surface area contributed by atoms with Crippen molar-refractivity contribution >= 4 is 21.7 Å². The molecule has 0 saturated heterocycles. The van der Waals surface area contributed by atoms with E-state index in [1.165, 1.54) is 0 Å². The van der Waals surface area contributed by atoms with Crippen LogP contribution in [0.4, 0.5) is 0 Å². The molecule has 0 saturated carbocycles. The fourth-order valence-corrected chi connectivity index (χ4v) is 2.26. The third kappa shape index (κ3) is 2.17. The zero-order chi connectivity index (χ0) is 12.4. The highest BCUT2D eigenvalue weighted by Crippen LogP contribution is 2.21. The lowest BCUT2D eigenvalue weighted by Gasteiger charge is -2.07. The van der Waals surface area contributed by atoms with E-state index in [2.05, 4.69) is 21.0 Å². The second kappa shape index (κ2) is 4.84. The number of aromatic nitrogens is 2. The first kappa shape index (κ1) is 12.0. The second-order valence-electron chi connectivity index (χ2n) is 3.80. The summed E-state index contributed by atoms with van der Waals surface area (Å²) >= 11 is 3.38. The molecule has 1 aromatic carbocycles. The third-order valence-electron chi connectivity index (χ3n) is 2.70. The van der Waals surface area contributed by atoms with Crippen molar-refractivity contribution in [3.8, 4) is 0 Å².